The normalized spacial score (nSPS) is 11.2. The first-order valence-electron chi connectivity index (χ1n) is 8.20. The topological polar surface area (TPSA) is 94.1 Å². The van der Waals surface area contributed by atoms with Crippen LogP contribution in [0.15, 0.2) is 33.9 Å². The first-order chi connectivity index (χ1) is 12.5. The zero-order valence-corrected chi connectivity index (χ0v) is 15.3. The second-order valence-corrected chi connectivity index (χ2v) is 6.40. The van der Waals surface area contributed by atoms with Crippen molar-refractivity contribution in [3.63, 3.8) is 0 Å². The highest BCUT2D eigenvalue weighted by Gasteiger charge is 2.18. The molecule has 0 radical (unpaired) electrons. The van der Waals surface area contributed by atoms with Crippen LogP contribution in [0.3, 0.4) is 0 Å². The number of nitrogens with zero attached hydrogens (tertiary/aromatic N) is 4. The van der Waals surface area contributed by atoms with Crippen LogP contribution in [0.1, 0.15) is 12.0 Å². The number of halogens is 1. The van der Waals surface area contributed by atoms with Gasteiger partial charge >= 0.3 is 5.69 Å². The molecular weight excluding hydrogens is 358 g/mol. The molecule has 0 atom stereocenters. The number of imidazole rings is 1. The molecule has 0 saturated heterocycles. The van der Waals surface area contributed by atoms with Crippen molar-refractivity contribution < 1.29 is 5.11 Å². The third-order valence-corrected chi connectivity index (χ3v) is 4.63. The summed E-state index contributed by atoms with van der Waals surface area (Å²) in [6.07, 6.45) is 0.554. The summed E-state index contributed by atoms with van der Waals surface area (Å²) in [5.74, 6) is 0.469. The summed E-state index contributed by atoms with van der Waals surface area (Å²) in [7, 11) is 3.29. The molecule has 0 unspecified atom stereocenters. The molecule has 9 heteroatoms. The number of aliphatic hydroxyl groups is 1. The summed E-state index contributed by atoms with van der Waals surface area (Å²) in [6.45, 7) is 0.648. The maximum Gasteiger partial charge on any atom is 0.332 e. The molecule has 2 N–H and O–H groups in total. The van der Waals surface area contributed by atoms with Crippen LogP contribution in [-0.2, 0) is 20.6 Å². The van der Waals surface area contributed by atoms with Gasteiger partial charge in [0, 0.05) is 32.3 Å². The van der Waals surface area contributed by atoms with Crippen LogP contribution in [0.4, 0.5) is 5.95 Å². The van der Waals surface area contributed by atoms with Crippen LogP contribution in [0.2, 0.25) is 5.02 Å². The molecule has 0 bridgehead atoms. The van der Waals surface area contributed by atoms with Crippen molar-refractivity contribution >= 4 is 28.7 Å². The smallest absolute Gasteiger partial charge is 0.332 e. The number of aromatic nitrogens is 4. The SMILES string of the molecule is Cn1c(NCCCO)nc2c1c(=O)n(Cc1ccccc1Cl)c(=O)n2C. The third-order valence-electron chi connectivity index (χ3n) is 4.26. The highest BCUT2D eigenvalue weighted by molar-refractivity contribution is 6.31. The van der Waals surface area contributed by atoms with Gasteiger partial charge in [0.1, 0.15) is 0 Å². The number of aryl methyl sites for hydroxylation is 2. The molecule has 1 aromatic carbocycles. The average Bonchev–Trinajstić information content (AvgIpc) is 2.95. The summed E-state index contributed by atoms with van der Waals surface area (Å²) in [5.41, 5.74) is 0.446. The zero-order valence-electron chi connectivity index (χ0n) is 14.6. The van der Waals surface area contributed by atoms with E-state index in [0.29, 0.717) is 40.7 Å². The molecule has 138 valence electrons. The van der Waals surface area contributed by atoms with E-state index in [1.165, 1.54) is 4.57 Å². The van der Waals surface area contributed by atoms with Gasteiger partial charge in [-0.15, -0.1) is 0 Å². The highest BCUT2D eigenvalue weighted by atomic mass is 35.5. The van der Waals surface area contributed by atoms with E-state index in [1.807, 2.05) is 6.07 Å². The average molecular weight is 378 g/mol. The Morgan fingerprint density at radius 1 is 1.19 bits per heavy atom. The van der Waals surface area contributed by atoms with Crippen LogP contribution >= 0.6 is 11.6 Å². The van der Waals surface area contributed by atoms with Crippen molar-refractivity contribution in [2.24, 2.45) is 14.1 Å². The van der Waals surface area contributed by atoms with Crippen molar-refractivity contribution in [2.45, 2.75) is 13.0 Å². The highest BCUT2D eigenvalue weighted by Crippen LogP contribution is 2.16. The quantitative estimate of drug-likeness (QED) is 0.623. The van der Waals surface area contributed by atoms with E-state index in [9.17, 15) is 9.59 Å². The largest absolute Gasteiger partial charge is 0.396 e. The van der Waals surface area contributed by atoms with Crippen molar-refractivity contribution in [1.29, 1.82) is 0 Å². The predicted octanol–water partition coefficient (Wildman–Crippen LogP) is 0.930. The lowest BCUT2D eigenvalue weighted by Gasteiger charge is -2.10. The van der Waals surface area contributed by atoms with Gasteiger partial charge < -0.3 is 15.0 Å². The van der Waals surface area contributed by atoms with Crippen molar-refractivity contribution in [3.8, 4) is 0 Å². The van der Waals surface area contributed by atoms with Crippen molar-refractivity contribution in [3.05, 3.63) is 55.7 Å². The Kier molecular flexibility index (Phi) is 5.15. The molecule has 0 saturated carbocycles. The molecule has 2 heterocycles. The summed E-state index contributed by atoms with van der Waals surface area (Å²) >= 11 is 6.17. The van der Waals surface area contributed by atoms with Gasteiger partial charge in [-0.05, 0) is 18.1 Å². The number of hydrogen-bond donors (Lipinski definition) is 2. The van der Waals surface area contributed by atoms with Crippen LogP contribution in [0, 0.1) is 0 Å². The Balaban J connectivity index is 2.14. The minimum absolute atomic E-state index is 0.0556. The van der Waals surface area contributed by atoms with E-state index >= 15 is 0 Å². The maximum atomic E-state index is 13.0. The molecule has 0 aliphatic rings. The van der Waals surface area contributed by atoms with E-state index in [4.69, 9.17) is 16.7 Å². The Bertz CT molecular complexity index is 1070. The molecule has 3 rings (SSSR count). The Morgan fingerprint density at radius 2 is 1.92 bits per heavy atom. The lowest BCUT2D eigenvalue weighted by molar-refractivity contribution is 0.292. The van der Waals surface area contributed by atoms with Gasteiger partial charge in [-0.1, -0.05) is 29.8 Å². The van der Waals surface area contributed by atoms with Gasteiger partial charge in [0.05, 0.1) is 6.54 Å². The van der Waals surface area contributed by atoms with Gasteiger partial charge in [0.2, 0.25) is 5.95 Å². The lowest BCUT2D eigenvalue weighted by atomic mass is 10.2. The molecular formula is C17H20ClN5O3. The van der Waals surface area contributed by atoms with Gasteiger partial charge in [-0.25, -0.2) is 4.79 Å². The van der Waals surface area contributed by atoms with Crippen LogP contribution in [0.25, 0.3) is 11.2 Å². The summed E-state index contributed by atoms with van der Waals surface area (Å²) in [6, 6.07) is 7.10. The monoisotopic (exact) mass is 377 g/mol. The Labute approximate surface area is 154 Å². The summed E-state index contributed by atoms with van der Waals surface area (Å²) < 4.78 is 4.13. The first-order valence-corrected chi connectivity index (χ1v) is 8.58. The number of rotatable bonds is 6. The maximum absolute atomic E-state index is 13.0. The zero-order chi connectivity index (χ0) is 18.8. The van der Waals surface area contributed by atoms with E-state index in [1.54, 1.807) is 36.9 Å². The number of fused-ring (bicyclic) bond motifs is 1. The second kappa shape index (κ2) is 7.35. The minimum atomic E-state index is -0.456. The van der Waals surface area contributed by atoms with E-state index < -0.39 is 11.2 Å². The number of anilines is 1. The summed E-state index contributed by atoms with van der Waals surface area (Å²) in [5, 5.41) is 12.5. The molecule has 8 nitrogen and oxygen atoms in total. The Hall–Kier alpha value is -2.58. The van der Waals surface area contributed by atoms with Gasteiger partial charge in [0.15, 0.2) is 11.2 Å². The van der Waals surface area contributed by atoms with Crippen LogP contribution < -0.4 is 16.6 Å². The molecule has 0 spiro atoms. The van der Waals surface area contributed by atoms with Crippen molar-refractivity contribution in [2.75, 3.05) is 18.5 Å². The molecule has 0 amide bonds. The number of benzene rings is 1. The third kappa shape index (κ3) is 3.13. The number of hydrogen-bond acceptors (Lipinski definition) is 5. The number of nitrogens with one attached hydrogen (secondary N) is 1. The van der Waals surface area contributed by atoms with Crippen LogP contribution in [-0.4, -0.2) is 36.9 Å². The fourth-order valence-electron chi connectivity index (χ4n) is 2.82. The second-order valence-electron chi connectivity index (χ2n) is 5.99. The van der Waals surface area contributed by atoms with E-state index in [2.05, 4.69) is 10.3 Å². The standard InChI is InChI=1S/C17H20ClN5O3/c1-21-13-14(20-16(21)19-8-5-9-24)22(2)17(26)23(15(13)25)10-11-6-3-4-7-12(11)18/h3-4,6-7,24H,5,8-10H2,1-2H3,(H,19,20). The molecule has 26 heavy (non-hydrogen) atoms. The lowest BCUT2D eigenvalue weighted by Crippen LogP contribution is -2.39. The van der Waals surface area contributed by atoms with Crippen LogP contribution in [0.5, 0.6) is 0 Å². The Morgan fingerprint density at radius 3 is 2.62 bits per heavy atom. The minimum Gasteiger partial charge on any atom is -0.396 e. The predicted molar refractivity (Wildman–Crippen MR) is 101 cm³/mol. The van der Waals surface area contributed by atoms with E-state index in [-0.39, 0.29) is 13.2 Å². The molecule has 3 aromatic rings. The molecule has 0 fully saturated rings. The fraction of sp³-hybridized carbons (Fsp3) is 0.353. The van der Waals surface area contributed by atoms with Gasteiger partial charge in [0.25, 0.3) is 5.56 Å². The van der Waals surface area contributed by atoms with Gasteiger partial charge in [-0.2, -0.15) is 4.98 Å². The summed E-state index contributed by atoms with van der Waals surface area (Å²) in [4.78, 5) is 30.0. The molecule has 2 aromatic heterocycles. The fourth-order valence-corrected chi connectivity index (χ4v) is 3.01. The van der Waals surface area contributed by atoms with Gasteiger partial charge in [-0.3, -0.25) is 13.9 Å². The molecule has 0 aliphatic heterocycles. The van der Waals surface area contributed by atoms with Crippen molar-refractivity contribution in [1.82, 2.24) is 18.7 Å². The number of aliphatic hydroxyl groups excluding tert-OH is 1. The van der Waals surface area contributed by atoms with E-state index in [0.717, 1.165) is 4.57 Å². The molecule has 0 aliphatic carbocycles. The first kappa shape index (κ1) is 18.2.